The molecule has 0 bridgehead atoms. The molecule has 0 spiro atoms. The van der Waals surface area contributed by atoms with Crippen LogP contribution in [0.15, 0.2) is 29.2 Å². The van der Waals surface area contributed by atoms with Gasteiger partial charge in [0.05, 0.1) is 11.5 Å². The third-order valence-electron chi connectivity index (χ3n) is 4.18. The van der Waals surface area contributed by atoms with Crippen molar-refractivity contribution in [3.05, 3.63) is 24.3 Å². The Morgan fingerprint density at radius 1 is 1.21 bits per heavy atom. The van der Waals surface area contributed by atoms with Crippen LogP contribution in [0.2, 0.25) is 0 Å². The summed E-state index contributed by atoms with van der Waals surface area (Å²) in [6, 6.07) is 3.34. The first kappa shape index (κ1) is 19.0. The van der Waals surface area contributed by atoms with Crippen LogP contribution in [-0.4, -0.2) is 62.6 Å². The first-order valence-corrected chi connectivity index (χ1v) is 9.03. The summed E-state index contributed by atoms with van der Waals surface area (Å²) >= 11 is 0. The molecule has 1 heterocycles. The number of rotatable bonds is 4. The van der Waals surface area contributed by atoms with Crippen LogP contribution in [-0.2, 0) is 10.0 Å². The summed E-state index contributed by atoms with van der Waals surface area (Å²) in [5.74, 6) is 0.511. The van der Waals surface area contributed by atoms with Crippen molar-refractivity contribution in [3.63, 3.8) is 0 Å². The number of benzene rings is 1. The summed E-state index contributed by atoms with van der Waals surface area (Å²) < 4.78 is 71.1. The molecule has 2 unspecified atom stereocenters. The van der Waals surface area contributed by atoms with Crippen LogP contribution >= 0.6 is 0 Å². The second-order valence-corrected chi connectivity index (χ2v) is 7.74. The van der Waals surface area contributed by atoms with E-state index in [0.29, 0.717) is 12.4 Å². The Morgan fingerprint density at radius 3 is 2.29 bits per heavy atom. The monoisotopic (exact) mass is 366 g/mol. The van der Waals surface area contributed by atoms with Gasteiger partial charge in [0.25, 0.3) is 0 Å². The summed E-state index contributed by atoms with van der Waals surface area (Å²) in [7, 11) is -2.63. The number of sulfonamides is 1. The normalized spacial score (nSPS) is 24.1. The fraction of sp³-hybridized carbons (Fsp3) is 0.600. The van der Waals surface area contributed by atoms with Crippen molar-refractivity contribution >= 4 is 10.0 Å². The highest BCUT2D eigenvalue weighted by Crippen LogP contribution is 2.31. The number of ether oxygens (including phenoxy) is 1. The van der Waals surface area contributed by atoms with Crippen LogP contribution in [0, 0.1) is 0 Å². The second-order valence-electron chi connectivity index (χ2n) is 5.80. The lowest BCUT2D eigenvalue weighted by atomic mass is 10.1. The first-order valence-electron chi connectivity index (χ1n) is 7.59. The van der Waals surface area contributed by atoms with E-state index in [4.69, 9.17) is 4.74 Å². The lowest BCUT2D eigenvalue weighted by Gasteiger charge is -2.43. The van der Waals surface area contributed by atoms with Gasteiger partial charge < -0.3 is 4.74 Å². The van der Waals surface area contributed by atoms with E-state index in [1.807, 2.05) is 0 Å². The number of halogens is 3. The Morgan fingerprint density at radius 2 is 1.79 bits per heavy atom. The average Bonchev–Trinajstić information content (AvgIpc) is 2.49. The molecule has 2 atom stereocenters. The highest BCUT2D eigenvalue weighted by molar-refractivity contribution is 7.89. The maximum Gasteiger partial charge on any atom is 0.405 e. The van der Waals surface area contributed by atoms with E-state index in [1.165, 1.54) is 36.2 Å². The zero-order valence-electron chi connectivity index (χ0n) is 13.7. The Labute approximate surface area is 140 Å². The predicted octanol–water partition coefficient (Wildman–Crippen LogP) is 2.34. The van der Waals surface area contributed by atoms with Gasteiger partial charge in [-0.15, -0.1) is 0 Å². The number of nitrogens with zero attached hydrogens (tertiary/aromatic N) is 2. The van der Waals surface area contributed by atoms with E-state index in [2.05, 4.69) is 0 Å². The van der Waals surface area contributed by atoms with E-state index in [9.17, 15) is 21.6 Å². The molecule has 9 heteroatoms. The molecule has 1 saturated heterocycles. The molecule has 0 saturated carbocycles. The van der Waals surface area contributed by atoms with E-state index >= 15 is 0 Å². The number of alkyl halides is 3. The zero-order chi connectivity index (χ0) is 18.1. The quantitative estimate of drug-likeness (QED) is 0.821. The maximum absolute atomic E-state index is 13.2. The average molecular weight is 366 g/mol. The van der Waals surface area contributed by atoms with Crippen LogP contribution in [0.25, 0.3) is 0 Å². The highest BCUT2D eigenvalue weighted by atomic mass is 32.2. The molecule has 1 aromatic carbocycles. The minimum atomic E-state index is -4.49. The van der Waals surface area contributed by atoms with Gasteiger partial charge in [-0.1, -0.05) is 0 Å². The van der Waals surface area contributed by atoms with Crippen molar-refractivity contribution in [3.8, 4) is 5.75 Å². The van der Waals surface area contributed by atoms with E-state index in [-0.39, 0.29) is 11.4 Å². The third-order valence-corrected chi connectivity index (χ3v) is 6.03. The SMILES string of the molecule is CCOc1ccc(S(=O)(=O)N2CC(C)N(C)C(C(F)(F)F)C2)cc1. The Balaban J connectivity index is 2.28. The Hall–Kier alpha value is -1.32. The molecule has 24 heavy (non-hydrogen) atoms. The molecule has 5 nitrogen and oxygen atoms in total. The smallest absolute Gasteiger partial charge is 0.405 e. The van der Waals surface area contributed by atoms with Gasteiger partial charge >= 0.3 is 6.18 Å². The largest absolute Gasteiger partial charge is 0.494 e. The molecule has 0 radical (unpaired) electrons. The molecular weight excluding hydrogens is 345 g/mol. The molecule has 0 aromatic heterocycles. The minimum absolute atomic E-state index is 0.0125. The third kappa shape index (κ3) is 3.84. The molecule has 0 aliphatic carbocycles. The van der Waals surface area contributed by atoms with E-state index in [1.54, 1.807) is 13.8 Å². The summed E-state index contributed by atoms with van der Waals surface area (Å²) in [6.07, 6.45) is -4.49. The molecule has 1 aliphatic heterocycles. The lowest BCUT2D eigenvalue weighted by Crippen LogP contribution is -2.62. The van der Waals surface area contributed by atoms with Gasteiger partial charge in [-0.2, -0.15) is 17.5 Å². The van der Waals surface area contributed by atoms with Gasteiger partial charge in [-0.05, 0) is 45.2 Å². The van der Waals surface area contributed by atoms with Gasteiger partial charge in [0, 0.05) is 19.1 Å². The Kier molecular flexibility index (Phi) is 5.46. The fourth-order valence-corrected chi connectivity index (χ4v) is 4.21. The predicted molar refractivity (Wildman–Crippen MR) is 83.4 cm³/mol. The molecule has 2 rings (SSSR count). The summed E-state index contributed by atoms with van der Waals surface area (Å²) in [6.45, 7) is 3.22. The molecule has 1 aromatic rings. The topological polar surface area (TPSA) is 49.9 Å². The zero-order valence-corrected chi connectivity index (χ0v) is 14.6. The van der Waals surface area contributed by atoms with Crippen molar-refractivity contribution in [2.24, 2.45) is 0 Å². The molecule has 0 amide bonds. The van der Waals surface area contributed by atoms with Gasteiger partial charge in [0.15, 0.2) is 0 Å². The summed E-state index contributed by atoms with van der Waals surface area (Å²) in [5, 5.41) is 0. The number of hydrogen-bond acceptors (Lipinski definition) is 4. The maximum atomic E-state index is 13.2. The summed E-state index contributed by atoms with van der Waals surface area (Å²) in [4.78, 5) is 1.13. The highest BCUT2D eigenvalue weighted by Gasteiger charge is 2.49. The number of piperazine rings is 1. The standard InChI is InChI=1S/C15H21F3N2O3S/c1-4-23-12-5-7-13(8-6-12)24(21,22)20-9-11(2)19(3)14(10-20)15(16,17)18/h5-8,11,14H,4,9-10H2,1-3H3. The van der Waals surface area contributed by atoms with Crippen LogP contribution < -0.4 is 4.74 Å². The minimum Gasteiger partial charge on any atom is -0.494 e. The van der Waals surface area contributed by atoms with Gasteiger partial charge in [0.1, 0.15) is 11.8 Å². The molecule has 1 aliphatic rings. The van der Waals surface area contributed by atoms with Crippen molar-refractivity contribution < 1.29 is 26.3 Å². The second kappa shape index (κ2) is 6.89. The number of likely N-dealkylation sites (N-methyl/N-ethyl adjacent to an activating group) is 1. The molecule has 0 N–H and O–H groups in total. The fourth-order valence-electron chi connectivity index (χ4n) is 2.68. The van der Waals surface area contributed by atoms with Gasteiger partial charge in [-0.25, -0.2) is 8.42 Å². The molecule has 1 fully saturated rings. The first-order chi connectivity index (χ1) is 11.1. The van der Waals surface area contributed by atoms with Crippen LogP contribution in [0.1, 0.15) is 13.8 Å². The van der Waals surface area contributed by atoms with Crippen molar-refractivity contribution in [2.75, 3.05) is 26.7 Å². The molecular formula is C15H21F3N2O3S. The van der Waals surface area contributed by atoms with Gasteiger partial charge in [-0.3, -0.25) is 4.90 Å². The van der Waals surface area contributed by atoms with E-state index < -0.39 is 34.8 Å². The van der Waals surface area contributed by atoms with Crippen molar-refractivity contribution in [1.29, 1.82) is 0 Å². The van der Waals surface area contributed by atoms with Crippen LogP contribution in [0.4, 0.5) is 13.2 Å². The van der Waals surface area contributed by atoms with Crippen LogP contribution in [0.5, 0.6) is 5.75 Å². The number of hydrogen-bond donors (Lipinski definition) is 0. The lowest BCUT2D eigenvalue weighted by molar-refractivity contribution is -0.194. The van der Waals surface area contributed by atoms with E-state index in [0.717, 1.165) is 4.31 Å². The Bertz CT molecular complexity index is 662. The van der Waals surface area contributed by atoms with Crippen molar-refractivity contribution in [1.82, 2.24) is 9.21 Å². The molecule has 136 valence electrons. The van der Waals surface area contributed by atoms with Crippen LogP contribution in [0.3, 0.4) is 0 Å². The van der Waals surface area contributed by atoms with Crippen molar-refractivity contribution in [2.45, 2.75) is 37.0 Å². The summed E-state index contributed by atoms with van der Waals surface area (Å²) in [5.41, 5.74) is 0. The van der Waals surface area contributed by atoms with Gasteiger partial charge in [0.2, 0.25) is 10.0 Å².